The molecule has 1 aliphatic heterocycles. The van der Waals surface area contributed by atoms with Crippen molar-refractivity contribution < 1.29 is 0 Å². The largest absolute Gasteiger partial charge is 0.290 e. The molecule has 0 amide bonds. The van der Waals surface area contributed by atoms with Crippen molar-refractivity contribution >= 4 is 0 Å². The van der Waals surface area contributed by atoms with Gasteiger partial charge in [-0.25, -0.2) is 0 Å². The molecule has 1 fully saturated rings. The van der Waals surface area contributed by atoms with Crippen LogP contribution in [0.4, 0.5) is 0 Å². The van der Waals surface area contributed by atoms with Gasteiger partial charge < -0.3 is 0 Å². The Morgan fingerprint density at radius 2 is 1.71 bits per heavy atom. The lowest BCUT2D eigenvalue weighted by Gasteiger charge is -2.50. The summed E-state index contributed by atoms with van der Waals surface area (Å²) in [5, 5.41) is 0. The summed E-state index contributed by atoms with van der Waals surface area (Å²) in [6, 6.07) is 0.655. The maximum atomic E-state index is 2.63. The zero-order valence-electron chi connectivity index (χ0n) is 10.7. The van der Waals surface area contributed by atoms with Crippen LogP contribution >= 0.6 is 0 Å². The second kappa shape index (κ2) is 4.19. The van der Waals surface area contributed by atoms with E-state index < -0.39 is 0 Å². The van der Waals surface area contributed by atoms with E-state index in [2.05, 4.69) is 51.5 Å². The van der Waals surface area contributed by atoms with Crippen molar-refractivity contribution in [2.24, 2.45) is 5.41 Å². The highest BCUT2D eigenvalue weighted by Crippen LogP contribution is 2.30. The average Bonchev–Trinajstić information content (AvgIpc) is 2.01. The van der Waals surface area contributed by atoms with Gasteiger partial charge in [-0.2, -0.15) is 0 Å². The summed E-state index contributed by atoms with van der Waals surface area (Å²) in [6.07, 6.45) is 1.90. The predicted molar refractivity (Wildman–Crippen MR) is 62.3 cm³/mol. The molecule has 1 saturated heterocycles. The van der Waals surface area contributed by atoms with Crippen LogP contribution in [-0.4, -0.2) is 42.1 Å². The number of hydrogen-bond acceptors (Lipinski definition) is 2. The summed E-state index contributed by atoms with van der Waals surface area (Å²) >= 11 is 0. The molecule has 1 atom stereocenters. The van der Waals surface area contributed by atoms with Gasteiger partial charge in [0, 0.05) is 19.1 Å². The minimum Gasteiger partial charge on any atom is -0.290 e. The van der Waals surface area contributed by atoms with Crippen molar-refractivity contribution in [2.45, 2.75) is 53.2 Å². The maximum Gasteiger partial charge on any atom is 0.0672 e. The summed E-state index contributed by atoms with van der Waals surface area (Å²) in [5.41, 5.74) is 0.347. The van der Waals surface area contributed by atoms with E-state index >= 15 is 0 Å². The molecule has 1 aliphatic rings. The van der Waals surface area contributed by atoms with E-state index in [9.17, 15) is 0 Å². The van der Waals surface area contributed by atoms with Crippen molar-refractivity contribution in [3.63, 3.8) is 0 Å². The summed E-state index contributed by atoms with van der Waals surface area (Å²) < 4.78 is 0. The van der Waals surface area contributed by atoms with E-state index in [0.29, 0.717) is 17.6 Å². The maximum absolute atomic E-state index is 2.63. The molecule has 1 rings (SSSR count). The topological polar surface area (TPSA) is 6.48 Å². The summed E-state index contributed by atoms with van der Waals surface area (Å²) in [5.74, 6) is 0. The molecule has 0 aliphatic carbocycles. The molecule has 0 aromatic rings. The van der Waals surface area contributed by atoms with Crippen LogP contribution in [-0.2, 0) is 0 Å². The first kappa shape index (κ1) is 12.0. The van der Waals surface area contributed by atoms with Gasteiger partial charge >= 0.3 is 0 Å². The van der Waals surface area contributed by atoms with Crippen LogP contribution in [0, 0.1) is 5.41 Å². The minimum atomic E-state index is 0.347. The van der Waals surface area contributed by atoms with Crippen LogP contribution in [0.2, 0.25) is 0 Å². The third-order valence-electron chi connectivity index (χ3n) is 3.10. The number of nitrogens with zero attached hydrogens (tertiary/aromatic N) is 2. The monoisotopic (exact) mass is 198 g/mol. The lowest BCUT2D eigenvalue weighted by molar-refractivity contribution is -0.0614. The predicted octanol–water partition coefficient (Wildman–Crippen LogP) is 2.40. The Hall–Kier alpha value is -0.0800. The van der Waals surface area contributed by atoms with Crippen LogP contribution < -0.4 is 0 Å². The van der Waals surface area contributed by atoms with Gasteiger partial charge in [-0.15, -0.1) is 0 Å². The third-order valence-corrected chi connectivity index (χ3v) is 3.10. The molecule has 0 N–H and O–H groups in total. The van der Waals surface area contributed by atoms with Crippen LogP contribution in [0.15, 0.2) is 0 Å². The summed E-state index contributed by atoms with van der Waals surface area (Å²) in [4.78, 5) is 5.13. The van der Waals surface area contributed by atoms with E-state index in [-0.39, 0.29) is 0 Å². The summed E-state index contributed by atoms with van der Waals surface area (Å²) in [7, 11) is 2.25. The molecule has 0 saturated carbocycles. The second-order valence-electron chi connectivity index (χ2n) is 5.91. The smallest absolute Gasteiger partial charge is 0.0672 e. The molecular weight excluding hydrogens is 172 g/mol. The molecule has 1 heterocycles. The zero-order valence-corrected chi connectivity index (χ0v) is 10.7. The van der Waals surface area contributed by atoms with Crippen molar-refractivity contribution in [3.8, 4) is 0 Å². The van der Waals surface area contributed by atoms with Gasteiger partial charge in [-0.05, 0) is 32.7 Å². The lowest BCUT2D eigenvalue weighted by Crippen LogP contribution is -2.59. The van der Waals surface area contributed by atoms with Gasteiger partial charge in [0.1, 0.15) is 0 Å². The molecule has 84 valence electrons. The van der Waals surface area contributed by atoms with Crippen LogP contribution in [0.1, 0.15) is 41.0 Å². The fourth-order valence-electron chi connectivity index (χ4n) is 2.70. The molecule has 2 nitrogen and oxygen atoms in total. The molecule has 0 bridgehead atoms. The van der Waals surface area contributed by atoms with E-state index in [1.165, 1.54) is 19.5 Å². The first-order valence-corrected chi connectivity index (χ1v) is 5.80. The molecular formula is C12H26N2. The molecule has 14 heavy (non-hydrogen) atoms. The van der Waals surface area contributed by atoms with Gasteiger partial charge in [0.2, 0.25) is 0 Å². The average molecular weight is 198 g/mol. The summed E-state index contributed by atoms with van der Waals surface area (Å²) in [6.45, 7) is 14.1. The highest BCUT2D eigenvalue weighted by Gasteiger charge is 2.36. The molecule has 0 spiro atoms. The van der Waals surface area contributed by atoms with Gasteiger partial charge in [-0.1, -0.05) is 20.8 Å². The Morgan fingerprint density at radius 1 is 1.14 bits per heavy atom. The Bertz CT molecular complexity index is 181. The molecule has 1 unspecified atom stereocenters. The first-order chi connectivity index (χ1) is 6.34. The molecule has 0 aromatic heterocycles. The highest BCUT2D eigenvalue weighted by molar-refractivity contribution is 4.87. The van der Waals surface area contributed by atoms with Crippen molar-refractivity contribution in [1.82, 2.24) is 9.80 Å². The Labute approximate surface area is 89.3 Å². The lowest BCUT2D eigenvalue weighted by atomic mass is 9.88. The fourth-order valence-corrected chi connectivity index (χ4v) is 2.70. The normalized spacial score (nSPS) is 27.2. The molecule has 0 radical (unpaired) electrons. The Morgan fingerprint density at radius 3 is 2.07 bits per heavy atom. The van der Waals surface area contributed by atoms with Gasteiger partial charge in [0.05, 0.1) is 6.17 Å². The van der Waals surface area contributed by atoms with Crippen LogP contribution in [0.3, 0.4) is 0 Å². The molecule has 0 aromatic carbocycles. The van der Waals surface area contributed by atoms with Gasteiger partial charge in [-0.3, -0.25) is 9.80 Å². The quantitative estimate of drug-likeness (QED) is 0.638. The van der Waals surface area contributed by atoms with E-state index in [1.807, 2.05) is 0 Å². The van der Waals surface area contributed by atoms with Crippen molar-refractivity contribution in [1.29, 1.82) is 0 Å². The number of hydrogen-bond donors (Lipinski definition) is 0. The molecule has 2 heteroatoms. The zero-order chi connectivity index (χ0) is 10.9. The van der Waals surface area contributed by atoms with Gasteiger partial charge in [0.25, 0.3) is 0 Å². The van der Waals surface area contributed by atoms with Crippen LogP contribution in [0.5, 0.6) is 0 Å². The third kappa shape index (κ3) is 2.48. The van der Waals surface area contributed by atoms with E-state index in [4.69, 9.17) is 0 Å². The second-order valence-corrected chi connectivity index (χ2v) is 5.91. The van der Waals surface area contributed by atoms with Crippen LogP contribution in [0.25, 0.3) is 0 Å². The van der Waals surface area contributed by atoms with Crippen molar-refractivity contribution in [3.05, 3.63) is 0 Å². The number of rotatable bonds is 1. The SMILES string of the molecule is CC(C)N1CCCN(C)C1C(C)(C)C. The minimum absolute atomic E-state index is 0.347. The van der Waals surface area contributed by atoms with Gasteiger partial charge in [0.15, 0.2) is 0 Å². The fraction of sp³-hybridized carbons (Fsp3) is 1.00. The van der Waals surface area contributed by atoms with E-state index in [0.717, 1.165) is 0 Å². The highest BCUT2D eigenvalue weighted by atomic mass is 15.4. The van der Waals surface area contributed by atoms with Crippen molar-refractivity contribution in [2.75, 3.05) is 20.1 Å². The Kier molecular flexibility index (Phi) is 3.59. The Balaban J connectivity index is 2.82. The standard InChI is InChI=1S/C12H26N2/c1-10(2)14-9-7-8-13(6)11(14)12(3,4)5/h10-11H,7-9H2,1-6H3. The van der Waals surface area contributed by atoms with E-state index in [1.54, 1.807) is 0 Å². The first-order valence-electron chi connectivity index (χ1n) is 5.80.